The van der Waals surface area contributed by atoms with Crippen molar-refractivity contribution in [3.05, 3.63) is 53.7 Å². The molecule has 2 aromatic rings. The first-order valence-corrected chi connectivity index (χ1v) is 9.75. The Morgan fingerprint density at radius 1 is 1.21 bits per heavy atom. The highest BCUT2D eigenvalue weighted by atomic mass is 16.5. The van der Waals surface area contributed by atoms with Crippen molar-refractivity contribution >= 4 is 17.5 Å². The number of hydrogen-bond acceptors (Lipinski definition) is 5. The molecule has 2 heterocycles. The van der Waals surface area contributed by atoms with Crippen LogP contribution in [0.2, 0.25) is 0 Å². The average molecular weight is 383 g/mol. The summed E-state index contributed by atoms with van der Waals surface area (Å²) in [4.78, 5) is 13.8. The lowest BCUT2D eigenvalue weighted by molar-refractivity contribution is 0.185. The number of nitrogens with zero attached hydrogens (tertiary/aromatic N) is 4. The molecule has 0 atom stereocenters. The Morgan fingerprint density at radius 2 is 2.00 bits per heavy atom. The quantitative estimate of drug-likeness (QED) is 0.565. The summed E-state index contributed by atoms with van der Waals surface area (Å²) >= 11 is 0. The molecule has 0 saturated carbocycles. The number of ether oxygens (including phenoxy) is 1. The van der Waals surface area contributed by atoms with Crippen molar-refractivity contribution < 1.29 is 4.74 Å². The van der Waals surface area contributed by atoms with Crippen molar-refractivity contribution in [3.63, 3.8) is 0 Å². The minimum absolute atomic E-state index is 0.387. The van der Waals surface area contributed by atoms with E-state index in [4.69, 9.17) is 10.5 Å². The summed E-state index contributed by atoms with van der Waals surface area (Å²) in [5.41, 5.74) is 9.15. The number of rotatable bonds is 7. The zero-order valence-electron chi connectivity index (χ0n) is 16.8. The van der Waals surface area contributed by atoms with Crippen molar-refractivity contribution in [2.75, 3.05) is 50.1 Å². The largest absolute Gasteiger partial charge is 0.380 e. The fraction of sp³-hybridized carbons (Fsp3) is 0.429. The van der Waals surface area contributed by atoms with E-state index in [0.717, 1.165) is 55.4 Å². The van der Waals surface area contributed by atoms with E-state index in [1.54, 1.807) is 7.11 Å². The number of guanidine groups is 1. The van der Waals surface area contributed by atoms with Crippen LogP contribution in [0.3, 0.4) is 0 Å². The minimum Gasteiger partial charge on any atom is -0.380 e. The van der Waals surface area contributed by atoms with E-state index < -0.39 is 0 Å². The summed E-state index contributed by atoms with van der Waals surface area (Å²) in [6.07, 6.45) is 1.85. The monoisotopic (exact) mass is 382 g/mol. The standard InChI is InChI=1S/C21H30N6O/c1-3-26-10-12-27(13-11-26)20-14-17(8-9-23-20)15-24-21(22)25-19-7-5-4-6-18(19)16-28-2/h4-9,14H,3,10-13,15-16H2,1-2H3,(H3,22,24,25). The van der Waals surface area contributed by atoms with Crippen LogP contribution >= 0.6 is 0 Å². The molecule has 0 amide bonds. The van der Waals surface area contributed by atoms with Gasteiger partial charge in [0.25, 0.3) is 0 Å². The van der Waals surface area contributed by atoms with Crippen LogP contribution < -0.4 is 16.0 Å². The van der Waals surface area contributed by atoms with E-state index >= 15 is 0 Å². The van der Waals surface area contributed by atoms with E-state index in [0.29, 0.717) is 19.1 Å². The Balaban J connectivity index is 1.61. The van der Waals surface area contributed by atoms with Crippen LogP contribution in [0.15, 0.2) is 47.6 Å². The summed E-state index contributed by atoms with van der Waals surface area (Å²) in [5, 5.41) is 3.17. The number of nitrogens with two attached hydrogens (primary N) is 1. The third-order valence-corrected chi connectivity index (χ3v) is 4.97. The number of methoxy groups -OCH3 is 1. The third kappa shape index (κ3) is 5.43. The molecule has 1 saturated heterocycles. The summed E-state index contributed by atoms with van der Waals surface area (Å²) in [5.74, 6) is 1.40. The zero-order chi connectivity index (χ0) is 19.8. The first-order chi connectivity index (χ1) is 13.7. The van der Waals surface area contributed by atoms with Crippen LogP contribution in [-0.4, -0.2) is 55.7 Å². The fourth-order valence-corrected chi connectivity index (χ4v) is 3.30. The molecule has 0 bridgehead atoms. The summed E-state index contributed by atoms with van der Waals surface area (Å²) in [7, 11) is 1.68. The number of pyridine rings is 1. The van der Waals surface area contributed by atoms with E-state index in [2.05, 4.69) is 38.1 Å². The van der Waals surface area contributed by atoms with E-state index in [-0.39, 0.29) is 0 Å². The van der Waals surface area contributed by atoms with Gasteiger partial charge >= 0.3 is 0 Å². The lowest BCUT2D eigenvalue weighted by atomic mass is 10.2. The number of para-hydroxylation sites is 1. The van der Waals surface area contributed by atoms with Gasteiger partial charge in [-0.3, -0.25) is 0 Å². The molecule has 0 aliphatic carbocycles. The van der Waals surface area contributed by atoms with Crippen LogP contribution in [0.25, 0.3) is 0 Å². The van der Waals surface area contributed by atoms with Crippen LogP contribution in [0.4, 0.5) is 11.5 Å². The Bertz CT molecular complexity index is 786. The first-order valence-electron chi connectivity index (χ1n) is 9.75. The highest BCUT2D eigenvalue weighted by molar-refractivity contribution is 5.92. The lowest BCUT2D eigenvalue weighted by Gasteiger charge is -2.34. The molecule has 0 spiro atoms. The smallest absolute Gasteiger partial charge is 0.193 e. The van der Waals surface area contributed by atoms with Gasteiger partial charge in [0.2, 0.25) is 0 Å². The van der Waals surface area contributed by atoms with Crippen molar-refractivity contribution in [1.29, 1.82) is 0 Å². The predicted octanol–water partition coefficient (Wildman–Crippen LogP) is 2.30. The van der Waals surface area contributed by atoms with Gasteiger partial charge in [-0.05, 0) is 30.3 Å². The number of aliphatic imine (C=N–C) groups is 1. The fourth-order valence-electron chi connectivity index (χ4n) is 3.30. The van der Waals surface area contributed by atoms with Crippen molar-refractivity contribution in [3.8, 4) is 0 Å². The molecule has 1 aromatic heterocycles. The predicted molar refractivity (Wildman–Crippen MR) is 115 cm³/mol. The molecule has 7 heteroatoms. The molecule has 1 aliphatic rings. The molecule has 3 rings (SSSR count). The van der Waals surface area contributed by atoms with E-state index in [1.165, 1.54) is 0 Å². The summed E-state index contributed by atoms with van der Waals surface area (Å²) in [6.45, 7) is 8.53. The maximum atomic E-state index is 6.10. The topological polar surface area (TPSA) is 79.0 Å². The molecule has 1 aliphatic heterocycles. The Hall–Kier alpha value is -2.64. The molecule has 0 unspecified atom stereocenters. The number of piperazine rings is 1. The molecule has 3 N–H and O–H groups in total. The van der Waals surface area contributed by atoms with Crippen LogP contribution in [-0.2, 0) is 17.9 Å². The maximum Gasteiger partial charge on any atom is 0.193 e. The van der Waals surface area contributed by atoms with Gasteiger partial charge in [0.1, 0.15) is 5.82 Å². The maximum absolute atomic E-state index is 6.10. The Labute approximate surface area is 167 Å². The van der Waals surface area contributed by atoms with Gasteiger partial charge in [-0.2, -0.15) is 0 Å². The number of anilines is 2. The number of benzene rings is 1. The molecule has 1 fully saturated rings. The van der Waals surface area contributed by atoms with Crippen LogP contribution in [0.5, 0.6) is 0 Å². The molecule has 7 nitrogen and oxygen atoms in total. The molecule has 1 aromatic carbocycles. The van der Waals surface area contributed by atoms with E-state index in [1.807, 2.05) is 36.5 Å². The zero-order valence-corrected chi connectivity index (χ0v) is 16.8. The highest BCUT2D eigenvalue weighted by Crippen LogP contribution is 2.17. The Morgan fingerprint density at radius 3 is 2.75 bits per heavy atom. The van der Waals surface area contributed by atoms with Gasteiger partial charge in [-0.1, -0.05) is 25.1 Å². The first kappa shape index (κ1) is 20.1. The summed E-state index contributed by atoms with van der Waals surface area (Å²) in [6, 6.07) is 12.0. The number of likely N-dealkylation sites (N-methyl/N-ethyl adjacent to an activating group) is 1. The van der Waals surface area contributed by atoms with E-state index in [9.17, 15) is 0 Å². The lowest BCUT2D eigenvalue weighted by Crippen LogP contribution is -2.46. The van der Waals surface area contributed by atoms with Gasteiger partial charge in [-0.15, -0.1) is 0 Å². The highest BCUT2D eigenvalue weighted by Gasteiger charge is 2.16. The molecule has 150 valence electrons. The van der Waals surface area contributed by atoms with Gasteiger partial charge in [0.05, 0.1) is 13.2 Å². The van der Waals surface area contributed by atoms with Gasteiger partial charge in [0.15, 0.2) is 5.96 Å². The van der Waals surface area contributed by atoms with Gasteiger partial charge in [0, 0.05) is 50.7 Å². The van der Waals surface area contributed by atoms with Crippen LogP contribution in [0, 0.1) is 0 Å². The third-order valence-electron chi connectivity index (χ3n) is 4.97. The second-order valence-corrected chi connectivity index (χ2v) is 6.86. The van der Waals surface area contributed by atoms with Gasteiger partial charge < -0.3 is 25.6 Å². The Kier molecular flexibility index (Phi) is 7.22. The molecule has 28 heavy (non-hydrogen) atoms. The van der Waals surface area contributed by atoms with Crippen LogP contribution in [0.1, 0.15) is 18.1 Å². The average Bonchev–Trinajstić information content (AvgIpc) is 2.74. The second-order valence-electron chi connectivity index (χ2n) is 6.86. The molecular weight excluding hydrogens is 352 g/mol. The number of nitrogens with one attached hydrogen (secondary N) is 1. The van der Waals surface area contributed by atoms with Crippen molar-refractivity contribution in [2.24, 2.45) is 10.7 Å². The minimum atomic E-state index is 0.387. The SMILES string of the molecule is CCN1CCN(c2cc(CN=C(N)Nc3ccccc3COC)ccn2)CC1. The summed E-state index contributed by atoms with van der Waals surface area (Å²) < 4.78 is 5.23. The normalized spacial score (nSPS) is 15.6. The van der Waals surface area contributed by atoms with Crippen molar-refractivity contribution in [2.45, 2.75) is 20.1 Å². The second kappa shape index (κ2) is 10.1. The number of hydrogen-bond donors (Lipinski definition) is 2. The number of aromatic nitrogens is 1. The van der Waals surface area contributed by atoms with Gasteiger partial charge in [-0.25, -0.2) is 9.98 Å². The van der Waals surface area contributed by atoms with Crippen molar-refractivity contribution in [1.82, 2.24) is 9.88 Å². The molecule has 0 radical (unpaired) electrons. The molecular formula is C21H30N6O.